The minimum atomic E-state index is -0.275. The number of rotatable bonds is 1. The van der Waals surface area contributed by atoms with Crippen molar-refractivity contribution in [3.05, 3.63) is 29.3 Å². The lowest BCUT2D eigenvalue weighted by molar-refractivity contribution is 0.0492. The number of carbonyl (C=O) groups is 1. The summed E-state index contributed by atoms with van der Waals surface area (Å²) in [6.45, 7) is 0.489. The second-order valence-corrected chi connectivity index (χ2v) is 6.19. The monoisotopic (exact) mass is 340 g/mol. The lowest BCUT2D eigenvalue weighted by atomic mass is 9.99. The minimum Gasteiger partial charge on any atom is -0.496 e. The van der Waals surface area contributed by atoms with Crippen LogP contribution in [0.4, 0.5) is 0 Å². The van der Waals surface area contributed by atoms with Gasteiger partial charge in [0.2, 0.25) is 0 Å². The van der Waals surface area contributed by atoms with E-state index in [1.165, 1.54) is 19.3 Å². The summed E-state index contributed by atoms with van der Waals surface area (Å²) < 4.78 is 10.7. The third-order valence-corrected chi connectivity index (χ3v) is 4.61. The largest absolute Gasteiger partial charge is 0.496 e. The standard InChI is InChI=1S/C16H21BrO3/c1-19-14-10-7-8-12-13(17)9-5-3-2-4-6-11-20-16(18)15(12)14/h7-8,10,13H,2-6,9,11H2,1H3. The average molecular weight is 341 g/mol. The van der Waals surface area contributed by atoms with E-state index in [4.69, 9.17) is 9.47 Å². The van der Waals surface area contributed by atoms with Crippen molar-refractivity contribution in [2.24, 2.45) is 0 Å². The molecule has 3 nitrogen and oxygen atoms in total. The molecule has 0 spiro atoms. The van der Waals surface area contributed by atoms with E-state index < -0.39 is 0 Å². The number of carbonyl (C=O) groups excluding carboxylic acids is 1. The van der Waals surface area contributed by atoms with Gasteiger partial charge < -0.3 is 9.47 Å². The van der Waals surface area contributed by atoms with E-state index in [1.807, 2.05) is 18.2 Å². The van der Waals surface area contributed by atoms with Crippen molar-refractivity contribution in [3.8, 4) is 5.75 Å². The van der Waals surface area contributed by atoms with Crippen LogP contribution in [0.25, 0.3) is 0 Å². The molecule has 110 valence electrons. The summed E-state index contributed by atoms with van der Waals surface area (Å²) >= 11 is 3.70. The smallest absolute Gasteiger partial charge is 0.342 e. The van der Waals surface area contributed by atoms with Crippen LogP contribution in [-0.2, 0) is 4.74 Å². The molecule has 1 atom stereocenters. The van der Waals surface area contributed by atoms with Gasteiger partial charge in [0.1, 0.15) is 11.3 Å². The highest BCUT2D eigenvalue weighted by molar-refractivity contribution is 9.09. The Bertz CT molecular complexity index is 459. The number of benzene rings is 1. The third-order valence-electron chi connectivity index (χ3n) is 3.66. The zero-order valence-corrected chi connectivity index (χ0v) is 13.4. The molecule has 0 saturated carbocycles. The van der Waals surface area contributed by atoms with Crippen LogP contribution in [0.2, 0.25) is 0 Å². The molecule has 0 amide bonds. The van der Waals surface area contributed by atoms with Gasteiger partial charge in [0.05, 0.1) is 13.7 Å². The topological polar surface area (TPSA) is 35.5 Å². The van der Waals surface area contributed by atoms with E-state index in [9.17, 15) is 4.79 Å². The number of ether oxygens (including phenoxy) is 2. The van der Waals surface area contributed by atoms with Crippen molar-refractivity contribution in [1.82, 2.24) is 0 Å². The van der Waals surface area contributed by atoms with Crippen LogP contribution < -0.4 is 4.74 Å². The number of halogens is 1. The third kappa shape index (κ3) is 3.75. The number of hydrogen-bond acceptors (Lipinski definition) is 3. The average Bonchev–Trinajstić information content (AvgIpc) is 2.47. The van der Waals surface area contributed by atoms with Crippen LogP contribution >= 0.6 is 15.9 Å². The molecule has 0 radical (unpaired) electrons. The van der Waals surface area contributed by atoms with Crippen LogP contribution in [-0.4, -0.2) is 19.7 Å². The molecular weight excluding hydrogens is 320 g/mol. The minimum absolute atomic E-state index is 0.166. The van der Waals surface area contributed by atoms with E-state index >= 15 is 0 Å². The Morgan fingerprint density at radius 1 is 1.20 bits per heavy atom. The second-order valence-electron chi connectivity index (χ2n) is 5.08. The number of cyclic esters (lactones) is 1. The van der Waals surface area contributed by atoms with Crippen LogP contribution in [0.5, 0.6) is 5.75 Å². The zero-order valence-electron chi connectivity index (χ0n) is 11.9. The first-order chi connectivity index (χ1) is 9.74. The number of methoxy groups -OCH3 is 1. The highest BCUT2D eigenvalue weighted by Gasteiger charge is 2.23. The molecule has 1 unspecified atom stereocenters. The summed E-state index contributed by atoms with van der Waals surface area (Å²) in [7, 11) is 1.59. The highest BCUT2D eigenvalue weighted by Crippen LogP contribution is 2.35. The fraction of sp³-hybridized carbons (Fsp3) is 0.562. The zero-order chi connectivity index (χ0) is 14.4. The summed E-state index contributed by atoms with van der Waals surface area (Å²) in [5.41, 5.74) is 1.53. The van der Waals surface area contributed by atoms with Crippen LogP contribution in [0.3, 0.4) is 0 Å². The molecule has 2 rings (SSSR count). The molecule has 1 aromatic rings. The molecule has 20 heavy (non-hydrogen) atoms. The summed E-state index contributed by atoms with van der Waals surface area (Å²) in [5.74, 6) is 0.316. The van der Waals surface area contributed by atoms with E-state index in [0.717, 1.165) is 24.8 Å². The van der Waals surface area contributed by atoms with Gasteiger partial charge in [0.15, 0.2) is 0 Å². The molecular formula is C16H21BrO3. The molecule has 0 aliphatic carbocycles. The lowest BCUT2D eigenvalue weighted by Gasteiger charge is -2.18. The molecule has 0 aromatic heterocycles. The molecule has 1 heterocycles. The van der Waals surface area contributed by atoms with Gasteiger partial charge in [-0.05, 0) is 24.5 Å². The second kappa shape index (κ2) is 7.67. The van der Waals surface area contributed by atoms with E-state index in [0.29, 0.717) is 17.9 Å². The number of alkyl halides is 1. The summed E-state index contributed by atoms with van der Waals surface area (Å²) in [6.07, 6.45) is 6.69. The van der Waals surface area contributed by atoms with Crippen LogP contribution in [0.1, 0.15) is 59.3 Å². The summed E-state index contributed by atoms with van der Waals surface area (Å²) in [5, 5.41) is 0. The van der Waals surface area contributed by atoms with Gasteiger partial charge in [-0.3, -0.25) is 0 Å². The van der Waals surface area contributed by atoms with Crippen molar-refractivity contribution < 1.29 is 14.3 Å². The SMILES string of the molecule is COc1cccc2c1C(=O)OCCCCCCCC2Br. The van der Waals surface area contributed by atoms with Gasteiger partial charge in [-0.2, -0.15) is 0 Å². The van der Waals surface area contributed by atoms with Crippen LogP contribution in [0, 0.1) is 0 Å². The highest BCUT2D eigenvalue weighted by atomic mass is 79.9. The molecule has 0 fully saturated rings. The first-order valence-corrected chi connectivity index (χ1v) is 8.13. The molecule has 0 bridgehead atoms. The first kappa shape index (κ1) is 15.4. The van der Waals surface area contributed by atoms with E-state index in [-0.39, 0.29) is 10.8 Å². The summed E-state index contributed by atoms with van der Waals surface area (Å²) in [6, 6.07) is 5.71. The van der Waals surface area contributed by atoms with Gasteiger partial charge in [-0.25, -0.2) is 4.79 Å². The molecule has 0 N–H and O–H groups in total. The Morgan fingerprint density at radius 3 is 2.75 bits per heavy atom. The molecule has 1 aromatic carbocycles. The van der Waals surface area contributed by atoms with Crippen LogP contribution in [0.15, 0.2) is 18.2 Å². The molecule has 4 heteroatoms. The Balaban J connectivity index is 2.34. The number of fused-ring (bicyclic) bond motifs is 1. The van der Waals surface area contributed by atoms with Gasteiger partial charge in [-0.1, -0.05) is 53.7 Å². The Morgan fingerprint density at radius 2 is 1.95 bits per heavy atom. The summed E-state index contributed by atoms with van der Waals surface area (Å²) in [4.78, 5) is 12.5. The Kier molecular flexibility index (Phi) is 5.89. The molecule has 0 saturated heterocycles. The van der Waals surface area contributed by atoms with Crippen molar-refractivity contribution in [2.45, 2.75) is 43.4 Å². The Hall–Kier alpha value is -1.03. The van der Waals surface area contributed by atoms with Crippen molar-refractivity contribution >= 4 is 21.9 Å². The van der Waals surface area contributed by atoms with Gasteiger partial charge in [0, 0.05) is 4.83 Å². The quantitative estimate of drug-likeness (QED) is 0.551. The maximum absolute atomic E-state index is 12.3. The fourth-order valence-electron chi connectivity index (χ4n) is 2.55. The number of hydrogen-bond donors (Lipinski definition) is 0. The van der Waals surface area contributed by atoms with Crippen molar-refractivity contribution in [2.75, 3.05) is 13.7 Å². The maximum Gasteiger partial charge on any atom is 0.342 e. The van der Waals surface area contributed by atoms with Gasteiger partial charge in [0.25, 0.3) is 0 Å². The Labute approximate surface area is 128 Å². The van der Waals surface area contributed by atoms with Gasteiger partial charge >= 0.3 is 5.97 Å². The first-order valence-electron chi connectivity index (χ1n) is 7.22. The predicted octanol–water partition coefficient (Wildman–Crippen LogP) is 4.64. The number of esters is 1. The normalized spacial score (nSPS) is 21.1. The fourth-order valence-corrected chi connectivity index (χ4v) is 3.25. The molecule has 1 aliphatic rings. The lowest BCUT2D eigenvalue weighted by Crippen LogP contribution is -2.12. The van der Waals surface area contributed by atoms with E-state index in [1.54, 1.807) is 7.11 Å². The van der Waals surface area contributed by atoms with Gasteiger partial charge in [-0.15, -0.1) is 0 Å². The van der Waals surface area contributed by atoms with Crippen molar-refractivity contribution in [1.29, 1.82) is 0 Å². The maximum atomic E-state index is 12.3. The van der Waals surface area contributed by atoms with Crippen molar-refractivity contribution in [3.63, 3.8) is 0 Å². The molecule has 1 aliphatic heterocycles. The predicted molar refractivity (Wildman–Crippen MR) is 82.6 cm³/mol. The van der Waals surface area contributed by atoms with E-state index in [2.05, 4.69) is 15.9 Å².